The third-order valence-corrected chi connectivity index (χ3v) is 6.31. The number of ether oxygens (including phenoxy) is 3. The first-order valence-electron chi connectivity index (χ1n) is 12.3. The molecule has 1 aliphatic rings. The van der Waals surface area contributed by atoms with E-state index in [0.29, 0.717) is 49.1 Å². The van der Waals surface area contributed by atoms with Gasteiger partial charge in [0.2, 0.25) is 0 Å². The molecule has 2 amide bonds. The van der Waals surface area contributed by atoms with Crippen LogP contribution in [0.25, 0.3) is 11.3 Å². The van der Waals surface area contributed by atoms with Gasteiger partial charge in [0.1, 0.15) is 23.0 Å². The van der Waals surface area contributed by atoms with E-state index < -0.39 is 0 Å². The van der Waals surface area contributed by atoms with Gasteiger partial charge < -0.3 is 29.3 Å². The van der Waals surface area contributed by atoms with Gasteiger partial charge in [0.25, 0.3) is 0 Å². The van der Waals surface area contributed by atoms with Crippen molar-refractivity contribution in [3.63, 3.8) is 0 Å². The number of benzene rings is 3. The number of rotatable bonds is 7. The number of hydrogen-bond donors (Lipinski definition) is 1. The highest BCUT2D eigenvalue weighted by atomic mass is 16.5. The van der Waals surface area contributed by atoms with Crippen molar-refractivity contribution >= 4 is 17.5 Å². The predicted molar refractivity (Wildman–Crippen MR) is 146 cm³/mol. The molecule has 0 unspecified atom stereocenters. The first-order valence-corrected chi connectivity index (χ1v) is 12.3. The van der Waals surface area contributed by atoms with Crippen LogP contribution in [-0.2, 0) is 0 Å². The molecule has 0 saturated carbocycles. The summed E-state index contributed by atoms with van der Waals surface area (Å²) >= 11 is 0. The molecule has 194 valence electrons. The van der Waals surface area contributed by atoms with Gasteiger partial charge in [0.15, 0.2) is 5.82 Å². The second-order valence-corrected chi connectivity index (χ2v) is 8.69. The van der Waals surface area contributed by atoms with Crippen LogP contribution in [0.1, 0.15) is 0 Å². The van der Waals surface area contributed by atoms with Crippen LogP contribution in [0.15, 0.2) is 84.9 Å². The Bertz CT molecular complexity index is 1360. The number of piperazine rings is 1. The van der Waals surface area contributed by atoms with E-state index in [9.17, 15) is 4.79 Å². The molecule has 0 spiro atoms. The summed E-state index contributed by atoms with van der Waals surface area (Å²) in [6.07, 6.45) is 0. The Balaban J connectivity index is 1.15. The number of amides is 2. The smallest absolute Gasteiger partial charge is 0.321 e. The maximum atomic E-state index is 12.8. The fourth-order valence-electron chi connectivity index (χ4n) is 4.22. The monoisotopic (exact) mass is 511 g/mol. The molecule has 9 nitrogen and oxygen atoms in total. The maximum Gasteiger partial charge on any atom is 0.321 e. The molecule has 38 heavy (non-hydrogen) atoms. The number of anilines is 2. The minimum absolute atomic E-state index is 0.132. The van der Waals surface area contributed by atoms with E-state index in [0.717, 1.165) is 22.9 Å². The second kappa shape index (κ2) is 11.5. The first kappa shape index (κ1) is 24.9. The molecule has 0 atom stereocenters. The van der Waals surface area contributed by atoms with Gasteiger partial charge in [-0.1, -0.05) is 18.2 Å². The lowest BCUT2D eigenvalue weighted by molar-refractivity contribution is 0.208. The number of nitrogens with one attached hydrogen (secondary N) is 1. The number of aromatic nitrogens is 2. The van der Waals surface area contributed by atoms with E-state index in [1.54, 1.807) is 19.1 Å². The van der Waals surface area contributed by atoms with Crippen LogP contribution in [0.5, 0.6) is 23.0 Å². The molecule has 1 N–H and O–H groups in total. The van der Waals surface area contributed by atoms with Crippen molar-refractivity contribution < 1.29 is 19.0 Å². The van der Waals surface area contributed by atoms with Gasteiger partial charge in [-0.15, -0.1) is 10.2 Å². The second-order valence-electron chi connectivity index (χ2n) is 8.69. The van der Waals surface area contributed by atoms with Crippen molar-refractivity contribution in [1.29, 1.82) is 0 Å². The summed E-state index contributed by atoms with van der Waals surface area (Å²) in [6, 6.07) is 26.2. The topological polar surface area (TPSA) is 89.1 Å². The van der Waals surface area contributed by atoms with Gasteiger partial charge in [-0.3, -0.25) is 0 Å². The first-order chi connectivity index (χ1) is 18.6. The molecule has 4 aromatic rings. The molecular formula is C29H29N5O4. The number of para-hydroxylation sites is 1. The number of nitrogens with zero attached hydrogens (tertiary/aromatic N) is 4. The van der Waals surface area contributed by atoms with Crippen LogP contribution in [-0.4, -0.2) is 61.5 Å². The molecule has 1 fully saturated rings. The normalized spacial score (nSPS) is 13.1. The zero-order chi connectivity index (χ0) is 26.3. The van der Waals surface area contributed by atoms with Gasteiger partial charge in [-0.05, 0) is 66.7 Å². The molecule has 1 aromatic heterocycles. The third kappa shape index (κ3) is 5.78. The van der Waals surface area contributed by atoms with Crippen molar-refractivity contribution in [3.8, 4) is 34.3 Å². The Morgan fingerprint density at radius 1 is 0.763 bits per heavy atom. The van der Waals surface area contributed by atoms with Crippen LogP contribution in [0.3, 0.4) is 0 Å². The highest BCUT2D eigenvalue weighted by Crippen LogP contribution is 2.32. The maximum absolute atomic E-state index is 12.8. The van der Waals surface area contributed by atoms with E-state index in [2.05, 4.69) is 20.4 Å². The number of hydrogen-bond acceptors (Lipinski definition) is 7. The van der Waals surface area contributed by atoms with E-state index in [-0.39, 0.29) is 6.03 Å². The molecule has 5 rings (SSSR count). The predicted octanol–water partition coefficient (Wildman–Crippen LogP) is 5.31. The lowest BCUT2D eigenvalue weighted by atomic mass is 10.1. The van der Waals surface area contributed by atoms with E-state index >= 15 is 0 Å². The van der Waals surface area contributed by atoms with Crippen LogP contribution in [0.2, 0.25) is 0 Å². The molecule has 0 radical (unpaired) electrons. The SMILES string of the molecule is COc1ccc(OC)c(-c2ccc(N3CCN(C(=O)Nc4ccc(Oc5ccccc5)cc4)CC3)nn2)c1. The fourth-order valence-corrected chi connectivity index (χ4v) is 4.22. The highest BCUT2D eigenvalue weighted by molar-refractivity contribution is 5.89. The fraction of sp³-hybridized carbons (Fsp3) is 0.207. The van der Waals surface area contributed by atoms with Crippen molar-refractivity contribution in [1.82, 2.24) is 15.1 Å². The number of methoxy groups -OCH3 is 2. The number of carbonyl (C=O) groups excluding carboxylic acids is 1. The molecule has 0 aliphatic carbocycles. The lowest BCUT2D eigenvalue weighted by Crippen LogP contribution is -2.50. The summed E-state index contributed by atoms with van der Waals surface area (Å²) in [5, 5.41) is 11.8. The minimum atomic E-state index is -0.132. The molecule has 1 saturated heterocycles. The standard InChI is InChI=1S/C29H29N5O4/c1-36-24-12-14-27(37-2)25(20-24)26-13-15-28(32-31-26)33-16-18-34(19-17-33)29(35)30-21-8-10-23(11-9-21)38-22-6-4-3-5-7-22/h3-15,20H,16-19H2,1-2H3,(H,30,35). The molecule has 9 heteroatoms. The summed E-state index contributed by atoms with van der Waals surface area (Å²) in [5.41, 5.74) is 2.22. The highest BCUT2D eigenvalue weighted by Gasteiger charge is 2.22. The van der Waals surface area contributed by atoms with Crippen LogP contribution >= 0.6 is 0 Å². The van der Waals surface area contributed by atoms with E-state index in [1.165, 1.54) is 0 Å². The molecule has 1 aliphatic heterocycles. The zero-order valence-corrected chi connectivity index (χ0v) is 21.3. The van der Waals surface area contributed by atoms with Crippen LogP contribution < -0.4 is 24.4 Å². The largest absolute Gasteiger partial charge is 0.497 e. The van der Waals surface area contributed by atoms with Crippen LogP contribution in [0.4, 0.5) is 16.3 Å². The van der Waals surface area contributed by atoms with Crippen molar-refractivity contribution in [2.75, 3.05) is 50.6 Å². The van der Waals surface area contributed by atoms with Crippen molar-refractivity contribution in [2.24, 2.45) is 0 Å². The van der Waals surface area contributed by atoms with E-state index in [4.69, 9.17) is 14.2 Å². The number of carbonyl (C=O) groups is 1. The Hall–Kier alpha value is -4.79. The molecule has 3 aromatic carbocycles. The van der Waals surface area contributed by atoms with E-state index in [1.807, 2.05) is 84.9 Å². The quantitative estimate of drug-likeness (QED) is 0.360. The summed E-state index contributed by atoms with van der Waals surface area (Å²) in [4.78, 5) is 16.7. The Labute approximate surface area is 221 Å². The lowest BCUT2D eigenvalue weighted by Gasteiger charge is -2.35. The minimum Gasteiger partial charge on any atom is -0.497 e. The Morgan fingerprint density at radius 3 is 2.13 bits per heavy atom. The third-order valence-electron chi connectivity index (χ3n) is 6.31. The Morgan fingerprint density at radius 2 is 1.47 bits per heavy atom. The average molecular weight is 512 g/mol. The van der Waals surface area contributed by atoms with Gasteiger partial charge >= 0.3 is 6.03 Å². The summed E-state index contributed by atoms with van der Waals surface area (Å²) in [7, 11) is 3.25. The van der Waals surface area contributed by atoms with Gasteiger partial charge in [0.05, 0.1) is 19.9 Å². The summed E-state index contributed by atoms with van der Waals surface area (Å²) < 4.78 is 16.6. The molecular weight excluding hydrogens is 482 g/mol. The molecule has 2 heterocycles. The number of urea groups is 1. The Kier molecular flexibility index (Phi) is 7.54. The van der Waals surface area contributed by atoms with Crippen LogP contribution in [0, 0.1) is 0 Å². The van der Waals surface area contributed by atoms with Gasteiger partial charge in [-0.2, -0.15) is 0 Å². The zero-order valence-electron chi connectivity index (χ0n) is 21.3. The average Bonchev–Trinajstić information content (AvgIpc) is 2.98. The van der Waals surface area contributed by atoms with Gasteiger partial charge in [-0.25, -0.2) is 4.79 Å². The van der Waals surface area contributed by atoms with Crippen molar-refractivity contribution in [3.05, 3.63) is 84.9 Å². The molecule has 0 bridgehead atoms. The van der Waals surface area contributed by atoms with Gasteiger partial charge in [0, 0.05) is 37.4 Å². The van der Waals surface area contributed by atoms with Crippen molar-refractivity contribution in [2.45, 2.75) is 0 Å². The summed E-state index contributed by atoms with van der Waals surface area (Å²) in [5.74, 6) is 3.66. The summed E-state index contributed by atoms with van der Waals surface area (Å²) in [6.45, 7) is 2.48.